The molecule has 0 amide bonds. The van der Waals surface area contributed by atoms with E-state index < -0.39 is 5.97 Å². The molecule has 0 aliphatic carbocycles. The molecule has 148 valence electrons. The van der Waals surface area contributed by atoms with Crippen molar-refractivity contribution in [3.8, 4) is 0 Å². The van der Waals surface area contributed by atoms with E-state index in [1.807, 2.05) is 24.3 Å². The number of halogens is 2. The van der Waals surface area contributed by atoms with Crippen molar-refractivity contribution in [2.75, 3.05) is 6.61 Å². The van der Waals surface area contributed by atoms with E-state index in [2.05, 4.69) is 10.1 Å². The van der Waals surface area contributed by atoms with Crippen molar-refractivity contribution in [1.82, 2.24) is 14.8 Å². The van der Waals surface area contributed by atoms with Gasteiger partial charge < -0.3 is 4.74 Å². The van der Waals surface area contributed by atoms with Gasteiger partial charge in [-0.2, -0.15) is 5.10 Å². The van der Waals surface area contributed by atoms with Crippen molar-refractivity contribution < 1.29 is 9.53 Å². The van der Waals surface area contributed by atoms with Crippen LogP contribution in [0.1, 0.15) is 17.6 Å². The van der Waals surface area contributed by atoms with E-state index >= 15 is 0 Å². The first kappa shape index (κ1) is 19.8. The lowest BCUT2D eigenvalue weighted by Gasteiger charge is -2.11. The van der Waals surface area contributed by atoms with E-state index in [0.29, 0.717) is 11.1 Å². The van der Waals surface area contributed by atoms with E-state index in [1.165, 1.54) is 16.0 Å². The van der Waals surface area contributed by atoms with Gasteiger partial charge in [0, 0.05) is 5.39 Å². The number of fused-ring (bicyclic) bond motifs is 2. The van der Waals surface area contributed by atoms with Crippen LogP contribution in [0.3, 0.4) is 0 Å². The van der Waals surface area contributed by atoms with Gasteiger partial charge in [-0.05, 0) is 25.1 Å². The molecule has 0 atom stereocenters. The molecule has 2 aromatic carbocycles. The van der Waals surface area contributed by atoms with Crippen molar-refractivity contribution in [2.45, 2.75) is 19.9 Å². The molecule has 0 bridgehead atoms. The zero-order valence-corrected chi connectivity index (χ0v) is 17.6. The standard InChI is InChI=1S/C20H15Cl2N3O3S/c1-2-28-17(26)9-14-11-7-8-12(21)19(22)18(11)20(27)25(24-14)10-16-23-13-5-3-4-6-15(13)29-16/h3-8H,2,9-10H2,1H3. The summed E-state index contributed by atoms with van der Waals surface area (Å²) in [7, 11) is 0. The Balaban J connectivity index is 1.86. The molecule has 0 spiro atoms. The van der Waals surface area contributed by atoms with Gasteiger partial charge >= 0.3 is 5.97 Å². The highest BCUT2D eigenvalue weighted by Crippen LogP contribution is 2.30. The van der Waals surface area contributed by atoms with Gasteiger partial charge in [-0.25, -0.2) is 9.67 Å². The number of aromatic nitrogens is 3. The average Bonchev–Trinajstić information content (AvgIpc) is 3.10. The Morgan fingerprint density at radius 3 is 2.76 bits per heavy atom. The molecule has 0 saturated carbocycles. The zero-order chi connectivity index (χ0) is 20.5. The molecule has 0 unspecified atom stereocenters. The molecule has 0 radical (unpaired) electrons. The van der Waals surface area contributed by atoms with Crippen LogP contribution < -0.4 is 5.56 Å². The summed E-state index contributed by atoms with van der Waals surface area (Å²) < 4.78 is 7.33. The molecule has 0 N–H and O–H groups in total. The number of hydrogen-bond acceptors (Lipinski definition) is 6. The molecule has 2 heterocycles. The minimum absolute atomic E-state index is 0.0809. The summed E-state index contributed by atoms with van der Waals surface area (Å²) in [5.41, 5.74) is 0.867. The fourth-order valence-electron chi connectivity index (χ4n) is 3.08. The number of nitrogens with zero attached hydrogens (tertiary/aromatic N) is 3. The number of benzene rings is 2. The van der Waals surface area contributed by atoms with Crippen LogP contribution in [0.25, 0.3) is 21.0 Å². The van der Waals surface area contributed by atoms with Gasteiger partial charge in [0.25, 0.3) is 5.56 Å². The third-order valence-electron chi connectivity index (χ3n) is 4.34. The Bertz CT molecular complexity index is 1270. The molecule has 6 nitrogen and oxygen atoms in total. The first-order valence-corrected chi connectivity index (χ1v) is 10.4. The van der Waals surface area contributed by atoms with Crippen LogP contribution in [0.4, 0.5) is 0 Å². The van der Waals surface area contributed by atoms with Gasteiger partial charge in [-0.1, -0.05) is 41.4 Å². The van der Waals surface area contributed by atoms with Crippen LogP contribution in [0, 0.1) is 0 Å². The number of carbonyl (C=O) groups is 1. The number of thiazole rings is 1. The Labute approximate surface area is 179 Å². The second-order valence-corrected chi connectivity index (χ2v) is 8.15. The van der Waals surface area contributed by atoms with E-state index in [4.69, 9.17) is 27.9 Å². The van der Waals surface area contributed by atoms with Crippen LogP contribution in [-0.4, -0.2) is 27.3 Å². The maximum absolute atomic E-state index is 13.1. The summed E-state index contributed by atoms with van der Waals surface area (Å²) in [5.74, 6) is -0.433. The molecule has 0 fully saturated rings. The Morgan fingerprint density at radius 2 is 2.00 bits per heavy atom. The highest BCUT2D eigenvalue weighted by Gasteiger charge is 2.19. The van der Waals surface area contributed by atoms with Crippen LogP contribution in [0.2, 0.25) is 10.0 Å². The van der Waals surface area contributed by atoms with Gasteiger partial charge in [0.2, 0.25) is 0 Å². The Hall–Kier alpha value is -2.48. The highest BCUT2D eigenvalue weighted by molar-refractivity contribution is 7.18. The minimum atomic E-state index is -0.433. The first-order chi connectivity index (χ1) is 14.0. The lowest BCUT2D eigenvalue weighted by molar-refractivity contribution is -0.142. The highest BCUT2D eigenvalue weighted by atomic mass is 35.5. The summed E-state index contributed by atoms with van der Waals surface area (Å²) in [6.45, 7) is 2.15. The molecule has 0 aliphatic heterocycles. The fraction of sp³-hybridized carbons (Fsp3) is 0.200. The van der Waals surface area contributed by atoms with E-state index in [-0.39, 0.29) is 40.6 Å². The van der Waals surface area contributed by atoms with Gasteiger partial charge in [0.1, 0.15) is 5.01 Å². The first-order valence-electron chi connectivity index (χ1n) is 8.85. The predicted octanol–water partition coefficient (Wildman–Crippen LogP) is 4.47. The van der Waals surface area contributed by atoms with E-state index in [9.17, 15) is 9.59 Å². The zero-order valence-electron chi connectivity index (χ0n) is 15.3. The Kier molecular flexibility index (Phi) is 5.54. The van der Waals surface area contributed by atoms with Crippen molar-refractivity contribution in [3.05, 3.63) is 67.5 Å². The number of hydrogen-bond donors (Lipinski definition) is 0. The number of ether oxygens (including phenoxy) is 1. The summed E-state index contributed by atoms with van der Waals surface area (Å²) in [6.07, 6.45) is -0.0809. The number of rotatable bonds is 5. The number of carbonyl (C=O) groups excluding carboxylic acids is 1. The molecule has 9 heteroatoms. The largest absolute Gasteiger partial charge is 0.466 e. The van der Waals surface area contributed by atoms with Crippen LogP contribution in [0.5, 0.6) is 0 Å². The molecule has 0 aliphatic rings. The predicted molar refractivity (Wildman–Crippen MR) is 115 cm³/mol. The third-order valence-corrected chi connectivity index (χ3v) is 6.16. The van der Waals surface area contributed by atoms with Gasteiger partial charge in [-0.3, -0.25) is 9.59 Å². The van der Waals surface area contributed by atoms with Crippen molar-refractivity contribution in [3.63, 3.8) is 0 Å². The lowest BCUT2D eigenvalue weighted by atomic mass is 10.1. The second-order valence-electron chi connectivity index (χ2n) is 6.25. The smallest absolute Gasteiger partial charge is 0.311 e. The molecule has 0 saturated heterocycles. The fourth-order valence-corrected chi connectivity index (χ4v) is 4.43. The monoisotopic (exact) mass is 447 g/mol. The SMILES string of the molecule is CCOC(=O)Cc1nn(Cc2nc3ccccc3s2)c(=O)c2c(Cl)c(Cl)ccc12. The van der Waals surface area contributed by atoms with Crippen molar-refractivity contribution in [1.29, 1.82) is 0 Å². The maximum Gasteiger partial charge on any atom is 0.311 e. The number of esters is 1. The van der Waals surface area contributed by atoms with Crippen LogP contribution in [0.15, 0.2) is 41.2 Å². The number of para-hydroxylation sites is 1. The normalized spacial score (nSPS) is 11.3. The molecule has 4 rings (SSSR count). The molecular formula is C20H15Cl2N3O3S. The quantitative estimate of drug-likeness (QED) is 0.422. The summed E-state index contributed by atoms with van der Waals surface area (Å²) in [6, 6.07) is 11.0. The summed E-state index contributed by atoms with van der Waals surface area (Å²) in [5, 5.41) is 6.26. The third kappa shape index (κ3) is 3.85. The topological polar surface area (TPSA) is 74.1 Å². The van der Waals surface area contributed by atoms with E-state index in [1.54, 1.807) is 19.1 Å². The van der Waals surface area contributed by atoms with Gasteiger partial charge in [-0.15, -0.1) is 11.3 Å². The van der Waals surface area contributed by atoms with Crippen LogP contribution >= 0.6 is 34.5 Å². The summed E-state index contributed by atoms with van der Waals surface area (Å²) >= 11 is 13.9. The van der Waals surface area contributed by atoms with Crippen LogP contribution in [-0.2, 0) is 22.5 Å². The molecule has 2 aromatic heterocycles. The molecular weight excluding hydrogens is 433 g/mol. The Morgan fingerprint density at radius 1 is 1.21 bits per heavy atom. The molecule has 4 aromatic rings. The van der Waals surface area contributed by atoms with Gasteiger partial charge in [0.05, 0.1) is 50.9 Å². The van der Waals surface area contributed by atoms with Crippen molar-refractivity contribution >= 4 is 61.5 Å². The second kappa shape index (κ2) is 8.10. The van der Waals surface area contributed by atoms with E-state index in [0.717, 1.165) is 15.2 Å². The summed E-state index contributed by atoms with van der Waals surface area (Å²) in [4.78, 5) is 29.7. The average molecular weight is 448 g/mol. The lowest BCUT2D eigenvalue weighted by Crippen LogP contribution is -2.26. The maximum atomic E-state index is 13.1. The molecule has 29 heavy (non-hydrogen) atoms. The van der Waals surface area contributed by atoms with Gasteiger partial charge in [0.15, 0.2) is 0 Å². The minimum Gasteiger partial charge on any atom is -0.466 e. The van der Waals surface area contributed by atoms with Crippen molar-refractivity contribution in [2.24, 2.45) is 0 Å².